The molecule has 0 saturated carbocycles. The maximum Gasteiger partial charge on any atom is 0.295 e. The summed E-state index contributed by atoms with van der Waals surface area (Å²) in [6.07, 6.45) is 1.26. The molecule has 0 spiro atoms. The van der Waals surface area contributed by atoms with Gasteiger partial charge in [-0.05, 0) is 60.4 Å². The summed E-state index contributed by atoms with van der Waals surface area (Å²) in [6, 6.07) is 18.8. The number of carbonyl (C=O) groups excluding carboxylic acids is 2. The van der Waals surface area contributed by atoms with Gasteiger partial charge in [-0.2, -0.15) is 0 Å². The number of nitrogens with zero attached hydrogens (tertiary/aromatic N) is 1. The highest BCUT2D eigenvalue weighted by molar-refractivity contribution is 6.46. The minimum Gasteiger partial charge on any atom is -0.507 e. The summed E-state index contributed by atoms with van der Waals surface area (Å²) in [5.41, 5.74) is 2.97. The van der Waals surface area contributed by atoms with E-state index in [4.69, 9.17) is 9.47 Å². The molecular weight excluding hydrogens is 458 g/mol. The third-order valence-electron chi connectivity index (χ3n) is 6.71. The monoisotopic (exact) mass is 485 g/mol. The second kappa shape index (κ2) is 9.41. The van der Waals surface area contributed by atoms with Gasteiger partial charge < -0.3 is 24.6 Å². The molecule has 0 aromatic heterocycles. The first-order valence-corrected chi connectivity index (χ1v) is 11.9. The van der Waals surface area contributed by atoms with Gasteiger partial charge in [0.25, 0.3) is 11.7 Å². The standard InChI is InChI=1S/C29H27NO6/c1-17-14-21-15-20(9-11-23(21)36-17)27(32)25-26(19-8-10-22(31)24(16-19)35-2)30(29(34)28(25)33)13-12-18-6-4-3-5-7-18/h3-11,15-17,26,31-32H,12-14H2,1-2H3/b27-25-. The first-order chi connectivity index (χ1) is 17.4. The molecule has 1 amide bonds. The molecule has 2 N–H and O–H groups in total. The van der Waals surface area contributed by atoms with Gasteiger partial charge in [-0.25, -0.2) is 0 Å². The molecule has 2 aliphatic rings. The average Bonchev–Trinajstić information content (AvgIpc) is 3.38. The van der Waals surface area contributed by atoms with Gasteiger partial charge in [0.2, 0.25) is 0 Å². The minimum absolute atomic E-state index is 0.00715. The molecule has 3 aromatic rings. The number of hydrogen-bond acceptors (Lipinski definition) is 6. The third kappa shape index (κ3) is 4.17. The lowest BCUT2D eigenvalue weighted by Gasteiger charge is -2.26. The van der Waals surface area contributed by atoms with Crippen molar-refractivity contribution in [3.63, 3.8) is 0 Å². The Morgan fingerprint density at radius 3 is 2.61 bits per heavy atom. The van der Waals surface area contributed by atoms with Crippen molar-refractivity contribution in [2.45, 2.75) is 31.9 Å². The number of carbonyl (C=O) groups is 2. The average molecular weight is 486 g/mol. The lowest BCUT2D eigenvalue weighted by Crippen LogP contribution is -2.31. The Morgan fingerprint density at radius 2 is 1.86 bits per heavy atom. The highest BCUT2D eigenvalue weighted by Crippen LogP contribution is 2.42. The number of methoxy groups -OCH3 is 1. The van der Waals surface area contributed by atoms with Crippen molar-refractivity contribution in [1.29, 1.82) is 0 Å². The predicted molar refractivity (Wildman–Crippen MR) is 134 cm³/mol. The zero-order valence-electron chi connectivity index (χ0n) is 20.1. The number of hydrogen-bond donors (Lipinski definition) is 2. The molecule has 2 heterocycles. The van der Waals surface area contributed by atoms with E-state index in [1.807, 2.05) is 37.3 Å². The zero-order chi connectivity index (χ0) is 25.4. The normalized spacial score (nSPS) is 20.3. The van der Waals surface area contributed by atoms with Crippen LogP contribution in [0.2, 0.25) is 0 Å². The lowest BCUT2D eigenvalue weighted by atomic mass is 9.94. The van der Waals surface area contributed by atoms with Gasteiger partial charge in [0.05, 0.1) is 18.7 Å². The van der Waals surface area contributed by atoms with Crippen LogP contribution in [0.15, 0.2) is 72.3 Å². The lowest BCUT2D eigenvalue weighted by molar-refractivity contribution is -0.139. The highest BCUT2D eigenvalue weighted by Gasteiger charge is 2.46. The van der Waals surface area contributed by atoms with Crippen molar-refractivity contribution in [2.24, 2.45) is 0 Å². The van der Waals surface area contributed by atoms with Crippen LogP contribution in [0.4, 0.5) is 0 Å². The number of benzene rings is 3. The number of phenols is 1. The van der Waals surface area contributed by atoms with Crippen LogP contribution in [0, 0.1) is 0 Å². The van der Waals surface area contributed by atoms with E-state index in [-0.39, 0.29) is 35.5 Å². The number of aliphatic hydroxyl groups excluding tert-OH is 1. The molecule has 2 atom stereocenters. The summed E-state index contributed by atoms with van der Waals surface area (Å²) in [5, 5.41) is 21.5. The number of Topliss-reactive ketones (excluding diaryl/α,β-unsaturated/α-hetero) is 1. The van der Waals surface area contributed by atoms with E-state index in [1.54, 1.807) is 30.3 Å². The predicted octanol–water partition coefficient (Wildman–Crippen LogP) is 4.39. The Hall–Kier alpha value is -4.26. The summed E-state index contributed by atoms with van der Waals surface area (Å²) in [6.45, 7) is 2.24. The number of aromatic hydroxyl groups is 1. The number of amides is 1. The molecule has 7 nitrogen and oxygen atoms in total. The smallest absolute Gasteiger partial charge is 0.295 e. The minimum atomic E-state index is -0.841. The van der Waals surface area contributed by atoms with E-state index in [0.717, 1.165) is 16.9 Å². The molecule has 5 rings (SSSR count). The van der Waals surface area contributed by atoms with Crippen LogP contribution in [0.5, 0.6) is 17.2 Å². The Balaban J connectivity index is 1.60. The second-order valence-electron chi connectivity index (χ2n) is 9.11. The van der Waals surface area contributed by atoms with E-state index < -0.39 is 17.7 Å². The first-order valence-electron chi connectivity index (χ1n) is 11.9. The van der Waals surface area contributed by atoms with E-state index in [2.05, 4.69) is 0 Å². The SMILES string of the molecule is COc1cc(C2/C(=C(/O)c3ccc4c(c3)CC(C)O4)C(=O)C(=O)N2CCc2ccccc2)ccc1O. The summed E-state index contributed by atoms with van der Waals surface area (Å²) in [7, 11) is 1.43. The summed E-state index contributed by atoms with van der Waals surface area (Å²) in [5.74, 6) is -0.762. The fourth-order valence-electron chi connectivity index (χ4n) is 4.94. The molecule has 0 bridgehead atoms. The molecule has 1 fully saturated rings. The van der Waals surface area contributed by atoms with Crippen LogP contribution in [0.25, 0.3) is 5.76 Å². The molecule has 7 heteroatoms. The van der Waals surface area contributed by atoms with Crippen molar-refractivity contribution < 1.29 is 29.3 Å². The Labute approximate surface area is 209 Å². The molecule has 3 aromatic carbocycles. The third-order valence-corrected chi connectivity index (χ3v) is 6.71. The number of fused-ring (bicyclic) bond motifs is 1. The van der Waals surface area contributed by atoms with E-state index >= 15 is 0 Å². The molecule has 0 aliphatic carbocycles. The van der Waals surface area contributed by atoms with Crippen molar-refractivity contribution in [2.75, 3.05) is 13.7 Å². The van der Waals surface area contributed by atoms with Crippen LogP contribution in [-0.2, 0) is 22.4 Å². The van der Waals surface area contributed by atoms with Gasteiger partial charge in [0.15, 0.2) is 11.5 Å². The van der Waals surface area contributed by atoms with Gasteiger partial charge in [0.1, 0.15) is 17.6 Å². The van der Waals surface area contributed by atoms with Crippen LogP contribution in [0.1, 0.15) is 35.2 Å². The summed E-state index contributed by atoms with van der Waals surface area (Å²) in [4.78, 5) is 28.0. The largest absolute Gasteiger partial charge is 0.507 e. The van der Waals surface area contributed by atoms with Crippen LogP contribution >= 0.6 is 0 Å². The zero-order valence-corrected chi connectivity index (χ0v) is 20.1. The van der Waals surface area contributed by atoms with Gasteiger partial charge in [0, 0.05) is 18.5 Å². The van der Waals surface area contributed by atoms with Crippen LogP contribution in [0.3, 0.4) is 0 Å². The maximum atomic E-state index is 13.3. The van der Waals surface area contributed by atoms with Crippen molar-refractivity contribution in [3.05, 3.63) is 94.6 Å². The van der Waals surface area contributed by atoms with Crippen LogP contribution in [-0.4, -0.2) is 46.6 Å². The molecule has 36 heavy (non-hydrogen) atoms. The molecule has 2 unspecified atom stereocenters. The first kappa shape index (κ1) is 23.5. The fraction of sp³-hybridized carbons (Fsp3) is 0.241. The molecule has 1 saturated heterocycles. The number of ketones is 1. The molecule has 184 valence electrons. The molecular formula is C29H27NO6. The maximum absolute atomic E-state index is 13.3. The van der Waals surface area contributed by atoms with Crippen LogP contribution < -0.4 is 9.47 Å². The molecule has 0 radical (unpaired) electrons. The van der Waals surface area contributed by atoms with E-state index in [0.29, 0.717) is 24.0 Å². The van der Waals surface area contributed by atoms with Crippen molar-refractivity contribution in [1.82, 2.24) is 4.90 Å². The van der Waals surface area contributed by atoms with Crippen molar-refractivity contribution >= 4 is 17.4 Å². The number of rotatable bonds is 6. The molecule has 2 aliphatic heterocycles. The fourth-order valence-corrected chi connectivity index (χ4v) is 4.94. The topological polar surface area (TPSA) is 96.3 Å². The Morgan fingerprint density at radius 1 is 1.08 bits per heavy atom. The van der Waals surface area contributed by atoms with Gasteiger partial charge in [-0.3, -0.25) is 9.59 Å². The summed E-state index contributed by atoms with van der Waals surface area (Å²) >= 11 is 0. The Kier molecular flexibility index (Phi) is 6.14. The van der Waals surface area contributed by atoms with Gasteiger partial charge >= 0.3 is 0 Å². The van der Waals surface area contributed by atoms with E-state index in [1.165, 1.54) is 18.1 Å². The quantitative estimate of drug-likeness (QED) is 0.305. The number of phenolic OH excluding ortho intramolecular Hbond substituents is 1. The van der Waals surface area contributed by atoms with Crippen molar-refractivity contribution in [3.8, 4) is 17.2 Å². The Bertz CT molecular complexity index is 1360. The number of likely N-dealkylation sites (tertiary alicyclic amines) is 1. The number of ether oxygens (including phenoxy) is 2. The second-order valence-corrected chi connectivity index (χ2v) is 9.11. The number of aliphatic hydroxyl groups is 1. The van der Waals surface area contributed by atoms with Gasteiger partial charge in [-0.1, -0.05) is 36.4 Å². The summed E-state index contributed by atoms with van der Waals surface area (Å²) < 4.78 is 11.0. The highest BCUT2D eigenvalue weighted by atomic mass is 16.5. The van der Waals surface area contributed by atoms with E-state index in [9.17, 15) is 19.8 Å². The van der Waals surface area contributed by atoms with Gasteiger partial charge in [-0.15, -0.1) is 0 Å².